The lowest BCUT2D eigenvalue weighted by atomic mass is 9.92. The fourth-order valence-corrected chi connectivity index (χ4v) is 5.30. The van der Waals surface area contributed by atoms with Crippen LogP contribution >= 0.6 is 0 Å². The van der Waals surface area contributed by atoms with Gasteiger partial charge in [0.1, 0.15) is 17.7 Å². The van der Waals surface area contributed by atoms with E-state index >= 15 is 0 Å². The van der Waals surface area contributed by atoms with Crippen molar-refractivity contribution in [2.24, 2.45) is 0 Å². The monoisotopic (exact) mass is 523 g/mol. The maximum Gasteiger partial charge on any atom is 0.353 e. The molecule has 2 unspecified atom stereocenters. The number of ether oxygens (including phenoxy) is 3. The molecule has 3 aliphatic carbocycles. The SMILES string of the molecule is CC.Cc1cc2c(cc1F)OC(C(=O)NC13CC1(n1cc(OC4CC(OC(C)(F)F)C4)cn1)C3)CC2O. The van der Waals surface area contributed by atoms with E-state index in [0.717, 1.165) is 6.92 Å². The molecule has 2 atom stereocenters. The number of halogens is 3. The molecule has 0 radical (unpaired) electrons. The van der Waals surface area contributed by atoms with Gasteiger partial charge in [0.05, 0.1) is 35.7 Å². The summed E-state index contributed by atoms with van der Waals surface area (Å²) < 4.78 is 57.7. The van der Waals surface area contributed by atoms with Gasteiger partial charge in [-0.1, -0.05) is 13.8 Å². The van der Waals surface area contributed by atoms with Gasteiger partial charge in [-0.3, -0.25) is 9.48 Å². The molecular formula is C26H32F3N3O5. The number of amides is 1. The number of carbonyl (C=O) groups excluding carboxylic acids is 1. The van der Waals surface area contributed by atoms with Crippen molar-refractivity contribution in [2.45, 2.75) is 101 Å². The summed E-state index contributed by atoms with van der Waals surface area (Å²) in [6.45, 7) is 6.33. The molecule has 1 aliphatic heterocycles. The van der Waals surface area contributed by atoms with Crippen LogP contribution in [0.1, 0.15) is 70.1 Å². The maximum absolute atomic E-state index is 14.0. The first kappa shape index (κ1) is 25.8. The highest BCUT2D eigenvalue weighted by molar-refractivity contribution is 5.84. The lowest BCUT2D eigenvalue weighted by Crippen LogP contribution is -2.44. The highest BCUT2D eigenvalue weighted by atomic mass is 19.3. The molecule has 0 bridgehead atoms. The van der Waals surface area contributed by atoms with E-state index in [2.05, 4.69) is 15.2 Å². The van der Waals surface area contributed by atoms with Gasteiger partial charge in [-0.25, -0.2) is 4.39 Å². The van der Waals surface area contributed by atoms with Crippen LogP contribution in [0.2, 0.25) is 0 Å². The summed E-state index contributed by atoms with van der Waals surface area (Å²) in [7, 11) is 0. The number of alkyl halides is 2. The highest BCUT2D eigenvalue weighted by Gasteiger charge is 2.86. The fraction of sp³-hybridized carbons (Fsp3) is 0.615. The van der Waals surface area contributed by atoms with E-state index in [9.17, 15) is 23.1 Å². The van der Waals surface area contributed by atoms with Gasteiger partial charge in [0.2, 0.25) is 0 Å². The Morgan fingerprint density at radius 3 is 2.62 bits per heavy atom. The highest BCUT2D eigenvalue weighted by Crippen LogP contribution is 2.76. The van der Waals surface area contributed by atoms with Crippen LogP contribution in [0.4, 0.5) is 13.2 Å². The molecule has 4 aliphatic rings. The first-order valence-electron chi connectivity index (χ1n) is 12.7. The van der Waals surface area contributed by atoms with Crippen molar-refractivity contribution >= 4 is 5.91 Å². The summed E-state index contributed by atoms with van der Waals surface area (Å²) in [4.78, 5) is 12.9. The van der Waals surface area contributed by atoms with Gasteiger partial charge in [-0.15, -0.1) is 0 Å². The molecule has 2 heterocycles. The fourth-order valence-electron chi connectivity index (χ4n) is 5.30. The number of aliphatic hydroxyl groups excluding tert-OH is 1. The standard InChI is InChI=1S/C24H26F3N3O5.C2H6/c1-12-3-16-18(31)7-20(34-19(16)6-17(12)25)21(32)29-23-10-24(23,11-23)30-9-15(8-28-30)33-13-4-14(5-13)35-22(2,26)27;1-2/h3,6,8-9,13-14,18,20,31H,4-5,7,10-11H2,1-2H3,(H,29,32);1-2H3. The third-order valence-corrected chi connectivity index (χ3v) is 7.57. The van der Waals surface area contributed by atoms with Crippen LogP contribution in [0.15, 0.2) is 24.5 Å². The molecule has 37 heavy (non-hydrogen) atoms. The van der Waals surface area contributed by atoms with Crippen LogP contribution in [0, 0.1) is 12.7 Å². The van der Waals surface area contributed by atoms with Crippen LogP contribution in [0.5, 0.6) is 11.5 Å². The second-order valence-corrected chi connectivity index (χ2v) is 10.3. The molecule has 202 valence electrons. The molecule has 2 aromatic rings. The normalized spacial score (nSPS) is 33.0. The number of hydrogen-bond donors (Lipinski definition) is 2. The van der Waals surface area contributed by atoms with Gasteiger partial charge < -0.3 is 24.6 Å². The number of carbonyl (C=O) groups is 1. The maximum atomic E-state index is 14.0. The topological polar surface area (TPSA) is 94.8 Å². The van der Waals surface area contributed by atoms with Crippen LogP contribution < -0.4 is 14.8 Å². The van der Waals surface area contributed by atoms with Crippen molar-refractivity contribution in [3.05, 3.63) is 41.5 Å². The van der Waals surface area contributed by atoms with Crippen LogP contribution in [0.25, 0.3) is 0 Å². The molecular weight excluding hydrogens is 491 g/mol. The summed E-state index contributed by atoms with van der Waals surface area (Å²) in [6.07, 6.45) is -0.0978. The van der Waals surface area contributed by atoms with E-state index in [4.69, 9.17) is 9.47 Å². The Balaban J connectivity index is 0.00000137. The number of aromatic nitrogens is 2. The number of nitrogens with zero attached hydrogens (tertiary/aromatic N) is 2. The van der Waals surface area contributed by atoms with Crippen molar-refractivity contribution in [3.8, 4) is 11.5 Å². The van der Waals surface area contributed by atoms with Gasteiger partial charge in [0.15, 0.2) is 11.9 Å². The smallest absolute Gasteiger partial charge is 0.353 e. The molecule has 1 aromatic carbocycles. The first-order chi connectivity index (χ1) is 17.5. The summed E-state index contributed by atoms with van der Waals surface area (Å²) >= 11 is 0. The number of benzene rings is 1. The number of aliphatic hydroxyl groups is 1. The molecule has 2 N–H and O–H groups in total. The van der Waals surface area contributed by atoms with Crippen molar-refractivity contribution in [1.82, 2.24) is 15.1 Å². The average Bonchev–Trinajstić information content (AvgIpc) is 3.52. The minimum Gasteiger partial charge on any atom is -0.487 e. The van der Waals surface area contributed by atoms with Crippen LogP contribution in [-0.2, 0) is 15.1 Å². The number of aryl methyl sites for hydroxylation is 1. The molecule has 1 aromatic heterocycles. The quantitative estimate of drug-likeness (QED) is 0.567. The molecule has 1 amide bonds. The molecule has 3 fully saturated rings. The van der Waals surface area contributed by atoms with Crippen molar-refractivity contribution in [1.29, 1.82) is 0 Å². The van der Waals surface area contributed by atoms with Gasteiger partial charge in [-0.05, 0) is 18.6 Å². The second-order valence-electron chi connectivity index (χ2n) is 10.3. The minimum absolute atomic E-state index is 0.0861. The molecule has 11 heteroatoms. The predicted octanol–water partition coefficient (Wildman–Crippen LogP) is 4.14. The summed E-state index contributed by atoms with van der Waals surface area (Å²) in [6, 6.07) is 2.75. The van der Waals surface area contributed by atoms with Crippen LogP contribution in [0.3, 0.4) is 0 Å². The van der Waals surface area contributed by atoms with E-state index in [1.807, 2.05) is 13.8 Å². The predicted molar refractivity (Wildman–Crippen MR) is 126 cm³/mol. The lowest BCUT2D eigenvalue weighted by molar-refractivity contribution is -0.271. The van der Waals surface area contributed by atoms with Gasteiger partial charge in [0.25, 0.3) is 5.91 Å². The van der Waals surface area contributed by atoms with Crippen molar-refractivity contribution < 1.29 is 37.3 Å². The summed E-state index contributed by atoms with van der Waals surface area (Å²) in [5.41, 5.74) is 0.135. The number of hydrogen-bond acceptors (Lipinski definition) is 6. The number of rotatable bonds is 7. The Morgan fingerprint density at radius 1 is 1.24 bits per heavy atom. The Hall–Kier alpha value is -2.79. The van der Waals surface area contributed by atoms with E-state index < -0.39 is 35.8 Å². The molecule has 6 rings (SSSR count). The van der Waals surface area contributed by atoms with E-state index in [-0.39, 0.29) is 29.7 Å². The zero-order valence-corrected chi connectivity index (χ0v) is 21.3. The Kier molecular flexibility index (Phi) is 6.22. The van der Waals surface area contributed by atoms with E-state index in [1.54, 1.807) is 30.1 Å². The summed E-state index contributed by atoms with van der Waals surface area (Å²) in [5, 5.41) is 17.9. The Bertz CT molecular complexity index is 1180. The third-order valence-electron chi connectivity index (χ3n) is 7.57. The number of nitrogens with one attached hydrogen (secondary N) is 1. The van der Waals surface area contributed by atoms with E-state index in [1.165, 1.54) is 6.07 Å². The zero-order chi connectivity index (χ0) is 26.8. The van der Waals surface area contributed by atoms with Crippen molar-refractivity contribution in [3.63, 3.8) is 0 Å². The first-order valence-corrected chi connectivity index (χ1v) is 12.7. The lowest BCUT2D eigenvalue weighted by Gasteiger charge is -2.35. The number of fused-ring (bicyclic) bond motifs is 2. The molecule has 3 saturated carbocycles. The largest absolute Gasteiger partial charge is 0.487 e. The Labute approximate surface area is 213 Å². The zero-order valence-electron chi connectivity index (χ0n) is 21.3. The summed E-state index contributed by atoms with van der Waals surface area (Å²) in [5.74, 6) is -0.0869. The van der Waals surface area contributed by atoms with E-state index in [0.29, 0.717) is 42.6 Å². The second kappa shape index (κ2) is 8.90. The van der Waals surface area contributed by atoms with Crippen molar-refractivity contribution in [2.75, 3.05) is 0 Å². The van der Waals surface area contributed by atoms with Gasteiger partial charge in [0, 0.05) is 50.7 Å². The third kappa shape index (κ3) is 4.67. The minimum atomic E-state index is -3.15. The molecule has 0 spiro atoms. The Morgan fingerprint density at radius 2 is 1.95 bits per heavy atom. The van der Waals surface area contributed by atoms with Gasteiger partial charge >= 0.3 is 6.11 Å². The molecule has 8 nitrogen and oxygen atoms in total. The van der Waals surface area contributed by atoms with Gasteiger partial charge in [-0.2, -0.15) is 13.9 Å². The molecule has 0 saturated heterocycles. The average molecular weight is 524 g/mol. The van der Waals surface area contributed by atoms with Crippen LogP contribution in [-0.4, -0.2) is 50.8 Å².